The SMILES string of the molecule is CCC.NC(=O)c1cc(C2CC2)c(CN2CCC(Oc3ccc(F)cc3Cl)CC2)cc1F. The van der Waals surface area contributed by atoms with Crippen molar-refractivity contribution in [1.82, 2.24) is 4.90 Å². The number of carbonyl (C=O) groups is 1. The van der Waals surface area contributed by atoms with E-state index < -0.39 is 17.5 Å². The van der Waals surface area contributed by atoms with Crippen LogP contribution in [0.3, 0.4) is 0 Å². The van der Waals surface area contributed by atoms with E-state index in [1.165, 1.54) is 24.6 Å². The van der Waals surface area contributed by atoms with Crippen molar-refractivity contribution in [3.63, 3.8) is 0 Å². The lowest BCUT2D eigenvalue weighted by atomic mass is 9.97. The van der Waals surface area contributed by atoms with E-state index in [2.05, 4.69) is 18.7 Å². The van der Waals surface area contributed by atoms with Gasteiger partial charge < -0.3 is 10.5 Å². The predicted octanol–water partition coefficient (Wildman–Crippen LogP) is 6.05. The molecule has 32 heavy (non-hydrogen) atoms. The summed E-state index contributed by atoms with van der Waals surface area (Å²) in [6.07, 6.45) is 4.98. The standard InChI is InChI=1S/C22H23ClF2N2O2.C3H8/c23-19-10-15(24)3-4-21(19)29-16-5-7-27(8-6-16)12-14-9-20(25)18(22(26)28)11-17(14)13-1-2-13;1-3-2/h3-4,9-11,13,16H,1-2,5-8,12H2,(H2,26,28);3H2,1-2H3. The van der Waals surface area contributed by atoms with Crippen molar-refractivity contribution in [3.8, 4) is 5.75 Å². The number of carbonyl (C=O) groups excluding carboxylic acids is 1. The second kappa shape index (κ2) is 11.1. The zero-order valence-electron chi connectivity index (χ0n) is 18.7. The van der Waals surface area contributed by atoms with Crippen LogP contribution in [-0.2, 0) is 6.54 Å². The van der Waals surface area contributed by atoms with Crippen LogP contribution in [0.4, 0.5) is 8.78 Å². The Kier molecular flexibility index (Phi) is 8.49. The maximum Gasteiger partial charge on any atom is 0.251 e. The molecular formula is C25H31ClF2N2O2. The summed E-state index contributed by atoms with van der Waals surface area (Å²) in [6.45, 7) is 6.48. The molecule has 1 aliphatic carbocycles. The molecule has 4 rings (SSSR count). The lowest BCUT2D eigenvalue weighted by Gasteiger charge is -2.32. The highest BCUT2D eigenvalue weighted by atomic mass is 35.5. The van der Waals surface area contributed by atoms with E-state index >= 15 is 0 Å². The van der Waals surface area contributed by atoms with E-state index in [-0.39, 0.29) is 16.7 Å². The molecule has 1 amide bonds. The second-order valence-electron chi connectivity index (χ2n) is 8.54. The van der Waals surface area contributed by atoms with E-state index in [1.807, 2.05) is 0 Å². The first-order valence-electron chi connectivity index (χ1n) is 11.3. The molecule has 0 spiro atoms. The number of hydrogen-bond acceptors (Lipinski definition) is 3. The van der Waals surface area contributed by atoms with Crippen LogP contribution in [-0.4, -0.2) is 30.0 Å². The first-order valence-corrected chi connectivity index (χ1v) is 11.7. The summed E-state index contributed by atoms with van der Waals surface area (Å²) in [5, 5.41) is 0.270. The summed E-state index contributed by atoms with van der Waals surface area (Å²) in [4.78, 5) is 13.7. The van der Waals surface area contributed by atoms with Crippen molar-refractivity contribution >= 4 is 17.5 Å². The molecule has 0 bridgehead atoms. The second-order valence-corrected chi connectivity index (χ2v) is 8.95. The molecule has 2 aromatic carbocycles. The van der Waals surface area contributed by atoms with Crippen LogP contribution in [0.25, 0.3) is 0 Å². The molecule has 1 aliphatic heterocycles. The number of amides is 1. The van der Waals surface area contributed by atoms with Crippen molar-refractivity contribution in [3.05, 3.63) is 63.7 Å². The van der Waals surface area contributed by atoms with Gasteiger partial charge in [0.25, 0.3) is 5.91 Å². The molecular weight excluding hydrogens is 434 g/mol. The maximum atomic E-state index is 14.3. The third-order valence-electron chi connectivity index (χ3n) is 5.63. The van der Waals surface area contributed by atoms with Crippen molar-refractivity contribution in [1.29, 1.82) is 0 Å². The fraction of sp³-hybridized carbons (Fsp3) is 0.480. The minimum atomic E-state index is -0.728. The van der Waals surface area contributed by atoms with Gasteiger partial charge >= 0.3 is 0 Å². The number of piperidine rings is 1. The Balaban J connectivity index is 0.000000913. The summed E-state index contributed by atoms with van der Waals surface area (Å²) in [5.41, 5.74) is 7.24. The highest BCUT2D eigenvalue weighted by molar-refractivity contribution is 6.32. The molecule has 7 heteroatoms. The molecule has 174 valence electrons. The minimum absolute atomic E-state index is 0.00564. The van der Waals surface area contributed by atoms with Crippen LogP contribution in [0.2, 0.25) is 5.02 Å². The van der Waals surface area contributed by atoms with Crippen molar-refractivity contribution < 1.29 is 18.3 Å². The molecule has 1 saturated heterocycles. The number of likely N-dealkylation sites (tertiary alicyclic amines) is 1. The number of nitrogens with zero attached hydrogens (tertiary/aromatic N) is 1. The molecule has 4 nitrogen and oxygen atoms in total. The lowest BCUT2D eigenvalue weighted by molar-refractivity contribution is 0.0964. The average molecular weight is 465 g/mol. The van der Waals surface area contributed by atoms with Crippen molar-refractivity contribution in [2.75, 3.05) is 13.1 Å². The highest BCUT2D eigenvalue weighted by Gasteiger charge is 2.29. The van der Waals surface area contributed by atoms with Gasteiger partial charge in [-0.05, 0) is 73.1 Å². The molecule has 0 radical (unpaired) electrons. The number of nitrogens with two attached hydrogens (primary N) is 1. The number of ether oxygens (including phenoxy) is 1. The van der Waals surface area contributed by atoms with Gasteiger partial charge in [-0.3, -0.25) is 9.69 Å². The normalized spacial score (nSPS) is 16.9. The Bertz CT molecular complexity index is 942. The summed E-state index contributed by atoms with van der Waals surface area (Å²) in [7, 11) is 0. The van der Waals surface area contributed by atoms with Crippen molar-refractivity contribution in [2.24, 2.45) is 5.73 Å². The number of hydrogen-bond donors (Lipinski definition) is 1. The van der Waals surface area contributed by atoms with E-state index in [0.29, 0.717) is 18.2 Å². The molecule has 2 aliphatic rings. The van der Waals surface area contributed by atoms with Gasteiger partial charge in [-0.2, -0.15) is 0 Å². The fourth-order valence-corrected chi connectivity index (χ4v) is 4.12. The van der Waals surface area contributed by atoms with Gasteiger partial charge in [0.2, 0.25) is 0 Å². The number of halogens is 3. The van der Waals surface area contributed by atoms with E-state index in [9.17, 15) is 13.6 Å². The summed E-state index contributed by atoms with van der Waals surface area (Å²) in [6, 6.07) is 7.23. The zero-order valence-corrected chi connectivity index (χ0v) is 19.4. The maximum absolute atomic E-state index is 14.3. The smallest absolute Gasteiger partial charge is 0.251 e. The van der Waals surface area contributed by atoms with Gasteiger partial charge in [0.1, 0.15) is 23.5 Å². The number of rotatable bonds is 6. The van der Waals surface area contributed by atoms with Crippen molar-refractivity contribution in [2.45, 2.75) is 64.5 Å². The topological polar surface area (TPSA) is 55.6 Å². The molecule has 0 aromatic heterocycles. The molecule has 0 atom stereocenters. The largest absolute Gasteiger partial charge is 0.489 e. The first-order chi connectivity index (χ1) is 15.3. The Morgan fingerprint density at radius 2 is 1.78 bits per heavy atom. The van der Waals surface area contributed by atoms with Crippen LogP contribution >= 0.6 is 11.6 Å². The van der Waals surface area contributed by atoms with Gasteiger partial charge in [-0.25, -0.2) is 8.78 Å². The van der Waals surface area contributed by atoms with Crippen LogP contribution in [0.1, 0.15) is 73.4 Å². The highest BCUT2D eigenvalue weighted by Crippen LogP contribution is 2.43. The number of primary amides is 1. The average Bonchev–Trinajstić information content (AvgIpc) is 3.57. The van der Waals surface area contributed by atoms with Gasteiger partial charge in [-0.15, -0.1) is 0 Å². The Hall–Kier alpha value is -2.18. The number of benzene rings is 2. The predicted molar refractivity (Wildman–Crippen MR) is 123 cm³/mol. The molecule has 0 unspecified atom stereocenters. The van der Waals surface area contributed by atoms with Crippen LogP contribution in [0.15, 0.2) is 30.3 Å². The van der Waals surface area contributed by atoms with Gasteiger partial charge in [0.15, 0.2) is 0 Å². The minimum Gasteiger partial charge on any atom is -0.489 e. The van der Waals surface area contributed by atoms with E-state index in [1.54, 1.807) is 12.1 Å². The third kappa shape index (κ3) is 6.42. The molecule has 2 fully saturated rings. The van der Waals surface area contributed by atoms with Crippen LogP contribution in [0.5, 0.6) is 5.75 Å². The Morgan fingerprint density at radius 1 is 1.12 bits per heavy atom. The van der Waals surface area contributed by atoms with E-state index in [4.69, 9.17) is 22.1 Å². The first kappa shape index (κ1) is 24.5. The monoisotopic (exact) mass is 464 g/mol. The Morgan fingerprint density at radius 3 is 2.34 bits per heavy atom. The van der Waals surface area contributed by atoms with Crippen LogP contribution < -0.4 is 10.5 Å². The summed E-state index contributed by atoms with van der Waals surface area (Å²) < 4.78 is 33.4. The fourth-order valence-electron chi connectivity index (χ4n) is 3.91. The van der Waals surface area contributed by atoms with E-state index in [0.717, 1.165) is 49.9 Å². The van der Waals surface area contributed by atoms with Gasteiger partial charge in [-0.1, -0.05) is 31.9 Å². The molecule has 2 aromatic rings. The van der Waals surface area contributed by atoms with Gasteiger partial charge in [0, 0.05) is 19.6 Å². The summed E-state index contributed by atoms with van der Waals surface area (Å²) in [5.74, 6) is -0.788. The van der Waals surface area contributed by atoms with Crippen LogP contribution in [0, 0.1) is 11.6 Å². The lowest BCUT2D eigenvalue weighted by Crippen LogP contribution is -2.38. The molecule has 1 heterocycles. The molecule has 2 N–H and O–H groups in total. The molecule has 1 saturated carbocycles. The zero-order chi connectivity index (χ0) is 23.3. The third-order valence-corrected chi connectivity index (χ3v) is 5.92. The Labute approximate surface area is 193 Å². The quantitative estimate of drug-likeness (QED) is 0.565. The summed E-state index contributed by atoms with van der Waals surface area (Å²) >= 11 is 6.04. The van der Waals surface area contributed by atoms with Gasteiger partial charge in [0.05, 0.1) is 10.6 Å².